The maximum absolute atomic E-state index is 4.29. The first-order valence-corrected chi connectivity index (χ1v) is 6.63. The molecule has 0 bridgehead atoms. The molecular weight excluding hydrogens is 224 g/mol. The first kappa shape index (κ1) is 11.5. The second kappa shape index (κ2) is 3.97. The number of pyridine rings is 1. The summed E-state index contributed by atoms with van der Waals surface area (Å²) in [5, 5.41) is 7.95. The van der Waals surface area contributed by atoms with E-state index in [1.165, 1.54) is 24.8 Å². The van der Waals surface area contributed by atoms with Crippen LogP contribution in [0.25, 0.3) is 5.65 Å². The van der Waals surface area contributed by atoms with Crippen molar-refractivity contribution in [3.63, 3.8) is 0 Å². The van der Waals surface area contributed by atoms with E-state index in [0.717, 1.165) is 11.5 Å². The Bertz CT molecular complexity index is 570. The summed E-state index contributed by atoms with van der Waals surface area (Å²) in [4.78, 5) is 4.26. The minimum absolute atomic E-state index is 0.358. The summed E-state index contributed by atoms with van der Waals surface area (Å²) in [6.07, 6.45) is 5.44. The fourth-order valence-electron chi connectivity index (χ4n) is 2.93. The predicted molar refractivity (Wildman–Crippen MR) is 72.8 cm³/mol. The third-order valence-electron chi connectivity index (χ3n) is 4.10. The van der Waals surface area contributed by atoms with Crippen LogP contribution in [0.2, 0.25) is 0 Å². The molecule has 1 N–H and O–H groups in total. The highest BCUT2D eigenvalue weighted by atomic mass is 15.3. The molecule has 1 unspecified atom stereocenters. The monoisotopic (exact) mass is 244 g/mol. The zero-order valence-corrected chi connectivity index (χ0v) is 11.3. The Morgan fingerprint density at radius 2 is 2.22 bits per heavy atom. The van der Waals surface area contributed by atoms with E-state index in [2.05, 4.69) is 48.3 Å². The fourth-order valence-corrected chi connectivity index (χ4v) is 2.93. The van der Waals surface area contributed by atoms with Crippen LogP contribution < -0.4 is 5.32 Å². The molecule has 96 valence electrons. The molecule has 0 radical (unpaired) electrons. The van der Waals surface area contributed by atoms with Gasteiger partial charge in [-0.2, -0.15) is 9.61 Å². The molecule has 1 fully saturated rings. The summed E-state index contributed by atoms with van der Waals surface area (Å²) in [6.45, 7) is 6.78. The van der Waals surface area contributed by atoms with E-state index >= 15 is 0 Å². The third-order valence-corrected chi connectivity index (χ3v) is 4.10. The highest BCUT2D eigenvalue weighted by molar-refractivity contribution is 5.52. The van der Waals surface area contributed by atoms with Crippen LogP contribution in [-0.2, 0) is 0 Å². The van der Waals surface area contributed by atoms with Gasteiger partial charge in [0.2, 0.25) is 0 Å². The number of aromatic nitrogens is 3. The van der Waals surface area contributed by atoms with E-state index in [-0.39, 0.29) is 0 Å². The smallest absolute Gasteiger partial charge is 0.157 e. The molecule has 0 spiro atoms. The van der Waals surface area contributed by atoms with E-state index < -0.39 is 0 Å². The highest BCUT2D eigenvalue weighted by Gasteiger charge is 2.34. The van der Waals surface area contributed by atoms with Gasteiger partial charge in [-0.25, -0.2) is 4.98 Å². The van der Waals surface area contributed by atoms with Crippen molar-refractivity contribution in [1.29, 1.82) is 0 Å². The minimum atomic E-state index is 0.358. The van der Waals surface area contributed by atoms with Gasteiger partial charge in [-0.05, 0) is 42.9 Å². The Labute approximate surface area is 107 Å². The van der Waals surface area contributed by atoms with Gasteiger partial charge in [0.25, 0.3) is 0 Å². The van der Waals surface area contributed by atoms with Crippen molar-refractivity contribution in [3.8, 4) is 0 Å². The SMILES string of the molecule is Cc1cc(NC2CCCC2(C)C)n2ncnc2c1. The average molecular weight is 244 g/mol. The van der Waals surface area contributed by atoms with E-state index in [1.807, 2.05) is 4.52 Å². The lowest BCUT2D eigenvalue weighted by atomic mass is 9.87. The molecule has 0 aliphatic heterocycles. The Morgan fingerprint density at radius 1 is 1.39 bits per heavy atom. The van der Waals surface area contributed by atoms with Gasteiger partial charge in [-0.1, -0.05) is 20.3 Å². The standard InChI is InChI=1S/C14H20N4/c1-10-7-12-15-9-16-18(12)13(8-10)17-11-5-4-6-14(11,2)3/h7-9,11,17H,4-6H2,1-3H3. The van der Waals surface area contributed by atoms with Gasteiger partial charge in [0.05, 0.1) is 0 Å². The van der Waals surface area contributed by atoms with Crippen LogP contribution in [0.15, 0.2) is 18.5 Å². The van der Waals surface area contributed by atoms with Crippen LogP contribution in [0.5, 0.6) is 0 Å². The summed E-state index contributed by atoms with van der Waals surface area (Å²) in [5.41, 5.74) is 2.48. The summed E-state index contributed by atoms with van der Waals surface area (Å²) in [5.74, 6) is 1.06. The molecule has 1 aliphatic rings. The summed E-state index contributed by atoms with van der Waals surface area (Å²) in [6, 6.07) is 4.72. The Kier molecular flexibility index (Phi) is 2.54. The molecule has 0 amide bonds. The number of nitrogens with zero attached hydrogens (tertiary/aromatic N) is 3. The van der Waals surface area contributed by atoms with Gasteiger partial charge in [0.15, 0.2) is 5.65 Å². The average Bonchev–Trinajstić information content (AvgIpc) is 2.86. The first-order valence-electron chi connectivity index (χ1n) is 6.63. The van der Waals surface area contributed by atoms with Crippen molar-refractivity contribution in [2.24, 2.45) is 5.41 Å². The molecule has 18 heavy (non-hydrogen) atoms. The molecule has 1 saturated carbocycles. The molecular formula is C14H20N4. The molecule has 4 heteroatoms. The normalized spacial score (nSPS) is 22.5. The van der Waals surface area contributed by atoms with Crippen molar-refractivity contribution in [2.75, 3.05) is 5.32 Å². The zero-order chi connectivity index (χ0) is 12.8. The van der Waals surface area contributed by atoms with Gasteiger partial charge in [0, 0.05) is 6.04 Å². The molecule has 0 aromatic carbocycles. The second-order valence-corrected chi connectivity index (χ2v) is 6.03. The van der Waals surface area contributed by atoms with Crippen LogP contribution in [0.3, 0.4) is 0 Å². The van der Waals surface area contributed by atoms with Crippen molar-refractivity contribution in [2.45, 2.75) is 46.1 Å². The van der Waals surface area contributed by atoms with E-state index in [1.54, 1.807) is 6.33 Å². The molecule has 0 saturated heterocycles. The van der Waals surface area contributed by atoms with E-state index in [4.69, 9.17) is 0 Å². The Morgan fingerprint density at radius 3 is 2.94 bits per heavy atom. The fraction of sp³-hybridized carbons (Fsp3) is 0.571. The summed E-state index contributed by atoms with van der Waals surface area (Å²) >= 11 is 0. The molecule has 1 aliphatic carbocycles. The topological polar surface area (TPSA) is 42.2 Å². The number of rotatable bonds is 2. The third kappa shape index (κ3) is 1.85. The van der Waals surface area contributed by atoms with Gasteiger partial charge in [0.1, 0.15) is 12.1 Å². The Balaban J connectivity index is 1.97. The van der Waals surface area contributed by atoms with Crippen LogP contribution in [0.4, 0.5) is 5.82 Å². The predicted octanol–water partition coefficient (Wildman–Crippen LogP) is 3.03. The molecule has 4 nitrogen and oxygen atoms in total. The number of hydrogen-bond donors (Lipinski definition) is 1. The second-order valence-electron chi connectivity index (χ2n) is 6.03. The van der Waals surface area contributed by atoms with Gasteiger partial charge in [-0.3, -0.25) is 0 Å². The van der Waals surface area contributed by atoms with Crippen molar-refractivity contribution in [3.05, 3.63) is 24.0 Å². The quantitative estimate of drug-likeness (QED) is 0.883. The summed E-state index contributed by atoms with van der Waals surface area (Å²) < 4.78 is 1.89. The Hall–Kier alpha value is -1.58. The van der Waals surface area contributed by atoms with E-state index in [9.17, 15) is 0 Å². The van der Waals surface area contributed by atoms with Crippen LogP contribution >= 0.6 is 0 Å². The van der Waals surface area contributed by atoms with E-state index in [0.29, 0.717) is 11.5 Å². The minimum Gasteiger partial charge on any atom is -0.367 e. The number of anilines is 1. The molecule has 2 heterocycles. The van der Waals surface area contributed by atoms with Crippen LogP contribution in [0, 0.1) is 12.3 Å². The first-order chi connectivity index (χ1) is 8.56. The van der Waals surface area contributed by atoms with Gasteiger partial charge < -0.3 is 5.32 Å². The highest BCUT2D eigenvalue weighted by Crippen LogP contribution is 2.39. The molecule has 2 aromatic heterocycles. The lowest BCUT2D eigenvalue weighted by molar-refractivity contribution is 0.349. The maximum atomic E-state index is 4.29. The lowest BCUT2D eigenvalue weighted by Gasteiger charge is -2.28. The van der Waals surface area contributed by atoms with Crippen molar-refractivity contribution >= 4 is 11.5 Å². The lowest BCUT2D eigenvalue weighted by Crippen LogP contribution is -2.31. The largest absolute Gasteiger partial charge is 0.367 e. The molecule has 1 atom stereocenters. The van der Waals surface area contributed by atoms with Gasteiger partial charge in [-0.15, -0.1) is 0 Å². The zero-order valence-electron chi connectivity index (χ0n) is 11.3. The van der Waals surface area contributed by atoms with Crippen molar-refractivity contribution in [1.82, 2.24) is 14.6 Å². The van der Waals surface area contributed by atoms with Gasteiger partial charge >= 0.3 is 0 Å². The number of hydrogen-bond acceptors (Lipinski definition) is 3. The number of aryl methyl sites for hydroxylation is 1. The maximum Gasteiger partial charge on any atom is 0.157 e. The van der Waals surface area contributed by atoms with Crippen LogP contribution in [-0.4, -0.2) is 20.6 Å². The van der Waals surface area contributed by atoms with Crippen LogP contribution in [0.1, 0.15) is 38.7 Å². The number of nitrogens with one attached hydrogen (secondary N) is 1. The van der Waals surface area contributed by atoms with Crippen molar-refractivity contribution < 1.29 is 0 Å². The number of fused-ring (bicyclic) bond motifs is 1. The molecule has 2 aromatic rings. The molecule has 3 rings (SSSR count). The summed E-state index contributed by atoms with van der Waals surface area (Å²) in [7, 11) is 0.